The Morgan fingerprint density at radius 2 is 1.89 bits per heavy atom. The highest BCUT2D eigenvalue weighted by Gasteiger charge is 2.32. The van der Waals surface area contributed by atoms with Crippen LogP contribution in [0.4, 0.5) is 18.9 Å². The standard InChI is InChI=1S/C16H12F3N3O4S2/c1-25-13-3-2-12(26-16(17,18)19)5-15(13)28(23,24)22-11-4-10(6-20-7-11)14-8-21-9-27-14/h2-9,22H,1H3. The Bertz CT molecular complexity index is 1070. The molecule has 0 atom stereocenters. The molecule has 0 aliphatic heterocycles. The van der Waals surface area contributed by atoms with Gasteiger partial charge in [-0.05, 0) is 18.2 Å². The molecule has 0 saturated carbocycles. The fraction of sp³-hybridized carbons (Fsp3) is 0.125. The summed E-state index contributed by atoms with van der Waals surface area (Å²) in [6.07, 6.45) is -0.564. The molecule has 28 heavy (non-hydrogen) atoms. The number of rotatable bonds is 6. The zero-order valence-corrected chi connectivity index (χ0v) is 15.7. The van der Waals surface area contributed by atoms with Gasteiger partial charge in [0.1, 0.15) is 16.4 Å². The van der Waals surface area contributed by atoms with Gasteiger partial charge in [-0.1, -0.05) is 0 Å². The zero-order chi connectivity index (χ0) is 20.4. The van der Waals surface area contributed by atoms with Crippen molar-refractivity contribution < 1.29 is 31.1 Å². The first-order chi connectivity index (χ1) is 13.2. The average molecular weight is 431 g/mol. The Balaban J connectivity index is 1.94. The summed E-state index contributed by atoms with van der Waals surface area (Å²) in [4.78, 5) is 8.17. The number of thiazole rings is 1. The molecule has 3 aromatic rings. The summed E-state index contributed by atoms with van der Waals surface area (Å²) in [5.41, 5.74) is 2.36. The molecule has 2 heterocycles. The van der Waals surface area contributed by atoms with E-state index in [0.717, 1.165) is 23.1 Å². The molecule has 0 unspecified atom stereocenters. The maximum atomic E-state index is 12.7. The van der Waals surface area contributed by atoms with E-state index in [4.69, 9.17) is 4.74 Å². The average Bonchev–Trinajstić information content (AvgIpc) is 3.15. The van der Waals surface area contributed by atoms with Gasteiger partial charge in [-0.2, -0.15) is 0 Å². The minimum atomic E-state index is -4.96. The number of hydrogen-bond donors (Lipinski definition) is 1. The fourth-order valence-electron chi connectivity index (χ4n) is 2.26. The van der Waals surface area contributed by atoms with Gasteiger partial charge in [0.15, 0.2) is 0 Å². The molecule has 7 nitrogen and oxygen atoms in total. The molecule has 0 saturated heterocycles. The van der Waals surface area contributed by atoms with Crippen LogP contribution in [0.3, 0.4) is 0 Å². The van der Waals surface area contributed by atoms with Gasteiger partial charge in [0, 0.05) is 24.0 Å². The normalized spacial score (nSPS) is 11.9. The molecule has 0 fully saturated rings. The van der Waals surface area contributed by atoms with Crippen LogP contribution in [0.5, 0.6) is 11.5 Å². The smallest absolute Gasteiger partial charge is 0.495 e. The van der Waals surface area contributed by atoms with Crippen LogP contribution in [0.25, 0.3) is 10.4 Å². The lowest BCUT2D eigenvalue weighted by Crippen LogP contribution is -2.18. The van der Waals surface area contributed by atoms with Crippen LogP contribution in [0, 0.1) is 0 Å². The topological polar surface area (TPSA) is 90.4 Å². The minimum Gasteiger partial charge on any atom is -0.495 e. The first kappa shape index (κ1) is 19.9. The Kier molecular flexibility index (Phi) is 5.42. The van der Waals surface area contributed by atoms with Gasteiger partial charge < -0.3 is 9.47 Å². The summed E-state index contributed by atoms with van der Waals surface area (Å²) in [6.45, 7) is 0. The van der Waals surface area contributed by atoms with E-state index < -0.39 is 27.0 Å². The number of sulfonamides is 1. The van der Waals surface area contributed by atoms with Gasteiger partial charge in [0.25, 0.3) is 10.0 Å². The summed E-state index contributed by atoms with van der Waals surface area (Å²) in [7, 11) is -3.10. The minimum absolute atomic E-state index is 0.120. The maximum absolute atomic E-state index is 12.7. The van der Waals surface area contributed by atoms with Crippen LogP contribution in [0.1, 0.15) is 0 Å². The van der Waals surface area contributed by atoms with Gasteiger partial charge in [-0.25, -0.2) is 8.42 Å². The van der Waals surface area contributed by atoms with Crippen molar-refractivity contribution in [1.29, 1.82) is 0 Å². The molecule has 0 amide bonds. The Morgan fingerprint density at radius 3 is 2.54 bits per heavy atom. The summed E-state index contributed by atoms with van der Waals surface area (Å²) in [5, 5.41) is 0. The first-order valence-corrected chi connectivity index (χ1v) is 9.85. The highest BCUT2D eigenvalue weighted by atomic mass is 32.2. The van der Waals surface area contributed by atoms with Crippen LogP contribution in [0.15, 0.2) is 53.3 Å². The van der Waals surface area contributed by atoms with Crippen LogP contribution in [0.2, 0.25) is 0 Å². The highest BCUT2D eigenvalue weighted by molar-refractivity contribution is 7.92. The van der Waals surface area contributed by atoms with Gasteiger partial charge >= 0.3 is 6.36 Å². The number of halogens is 3. The van der Waals surface area contributed by atoms with E-state index in [1.165, 1.54) is 36.9 Å². The van der Waals surface area contributed by atoms with E-state index in [1.807, 2.05) is 0 Å². The fourth-order valence-corrected chi connectivity index (χ4v) is 4.09. The quantitative estimate of drug-likeness (QED) is 0.636. The van der Waals surface area contributed by atoms with Crippen molar-refractivity contribution in [2.75, 3.05) is 11.8 Å². The van der Waals surface area contributed by atoms with Crippen molar-refractivity contribution in [3.63, 3.8) is 0 Å². The van der Waals surface area contributed by atoms with Crippen molar-refractivity contribution in [2.24, 2.45) is 0 Å². The molecule has 0 aliphatic carbocycles. The van der Waals surface area contributed by atoms with Gasteiger partial charge in [-0.15, -0.1) is 24.5 Å². The second kappa shape index (κ2) is 7.64. The van der Waals surface area contributed by atoms with E-state index in [1.54, 1.807) is 11.7 Å². The summed E-state index contributed by atoms with van der Waals surface area (Å²) < 4.78 is 73.8. The van der Waals surface area contributed by atoms with E-state index in [-0.39, 0.29) is 11.4 Å². The first-order valence-electron chi connectivity index (χ1n) is 7.48. The molecule has 148 valence electrons. The number of anilines is 1. The lowest BCUT2D eigenvalue weighted by Gasteiger charge is -2.14. The SMILES string of the molecule is COc1ccc(OC(F)(F)F)cc1S(=O)(=O)Nc1cncc(-c2cncs2)c1. The molecular formula is C16H12F3N3O4S2. The predicted molar refractivity (Wildman–Crippen MR) is 95.8 cm³/mol. The number of hydrogen-bond acceptors (Lipinski definition) is 7. The van der Waals surface area contributed by atoms with Crippen LogP contribution < -0.4 is 14.2 Å². The van der Waals surface area contributed by atoms with Gasteiger partial charge in [-0.3, -0.25) is 14.7 Å². The van der Waals surface area contributed by atoms with Crippen molar-refractivity contribution in [3.8, 4) is 21.9 Å². The molecule has 0 bridgehead atoms. The molecular weight excluding hydrogens is 419 g/mol. The highest BCUT2D eigenvalue weighted by Crippen LogP contribution is 2.33. The molecule has 0 spiro atoms. The van der Waals surface area contributed by atoms with Crippen molar-refractivity contribution >= 4 is 27.0 Å². The zero-order valence-electron chi connectivity index (χ0n) is 14.1. The molecule has 3 rings (SSSR count). The summed E-state index contributed by atoms with van der Waals surface area (Å²) in [6, 6.07) is 4.29. The molecule has 2 aromatic heterocycles. The number of pyridine rings is 1. The Morgan fingerprint density at radius 1 is 1.11 bits per heavy atom. The lowest BCUT2D eigenvalue weighted by molar-refractivity contribution is -0.274. The van der Waals surface area contributed by atoms with E-state index in [0.29, 0.717) is 5.56 Å². The molecule has 0 aliphatic rings. The molecule has 0 radical (unpaired) electrons. The maximum Gasteiger partial charge on any atom is 0.573 e. The van der Waals surface area contributed by atoms with E-state index in [9.17, 15) is 21.6 Å². The van der Waals surface area contributed by atoms with Crippen molar-refractivity contribution in [1.82, 2.24) is 9.97 Å². The van der Waals surface area contributed by atoms with Crippen LogP contribution in [-0.2, 0) is 10.0 Å². The monoisotopic (exact) mass is 431 g/mol. The number of alkyl halides is 3. The number of aromatic nitrogens is 2. The predicted octanol–water partition coefficient (Wildman–Crippen LogP) is 3.91. The van der Waals surface area contributed by atoms with Crippen LogP contribution >= 0.6 is 11.3 Å². The second-order valence-electron chi connectivity index (χ2n) is 5.29. The second-order valence-corrected chi connectivity index (χ2v) is 7.83. The number of methoxy groups -OCH3 is 1. The third kappa shape index (κ3) is 4.70. The van der Waals surface area contributed by atoms with Crippen LogP contribution in [-0.4, -0.2) is 31.9 Å². The Hall–Kier alpha value is -2.86. The molecule has 12 heteroatoms. The number of benzene rings is 1. The summed E-state index contributed by atoms with van der Waals surface area (Å²) in [5.74, 6) is -0.834. The molecule has 1 N–H and O–H groups in total. The molecule has 1 aromatic carbocycles. The lowest BCUT2D eigenvalue weighted by atomic mass is 10.2. The van der Waals surface area contributed by atoms with Crippen molar-refractivity contribution in [3.05, 3.63) is 48.4 Å². The van der Waals surface area contributed by atoms with Gasteiger partial charge in [0.2, 0.25) is 0 Å². The summed E-state index contributed by atoms with van der Waals surface area (Å²) >= 11 is 1.34. The Labute approximate surface area is 161 Å². The largest absolute Gasteiger partial charge is 0.573 e. The number of nitrogens with one attached hydrogen (secondary N) is 1. The van der Waals surface area contributed by atoms with E-state index in [2.05, 4.69) is 19.4 Å². The number of ether oxygens (including phenoxy) is 2. The van der Waals surface area contributed by atoms with Crippen molar-refractivity contribution in [2.45, 2.75) is 11.3 Å². The van der Waals surface area contributed by atoms with Gasteiger partial charge in [0.05, 0.1) is 29.4 Å². The van der Waals surface area contributed by atoms with E-state index >= 15 is 0 Å². The third-order valence-electron chi connectivity index (χ3n) is 3.37. The number of nitrogens with zero attached hydrogens (tertiary/aromatic N) is 2. The third-order valence-corrected chi connectivity index (χ3v) is 5.59.